The summed E-state index contributed by atoms with van der Waals surface area (Å²) < 4.78 is 0. The molecule has 64 valence electrons. The zero-order chi connectivity index (χ0) is 9.42. The molecular formula is C11H8O2. The van der Waals surface area contributed by atoms with Gasteiger partial charge >= 0.3 is 0 Å². The Hall–Kier alpha value is -1.70. The molecule has 0 amide bonds. The van der Waals surface area contributed by atoms with E-state index < -0.39 is 0 Å². The van der Waals surface area contributed by atoms with Crippen LogP contribution in [0, 0.1) is 0 Å². The molecule has 0 fully saturated rings. The molecule has 0 radical (unpaired) electrons. The van der Waals surface area contributed by atoms with Gasteiger partial charge < -0.3 is 0 Å². The maximum atomic E-state index is 11.2. The number of carbonyl (C=O) groups is 2. The number of hydrogen-bond acceptors (Lipinski definition) is 2. The monoisotopic (exact) mass is 172 g/mol. The second-order valence-electron chi connectivity index (χ2n) is 3.06. The summed E-state index contributed by atoms with van der Waals surface area (Å²) in [7, 11) is 0. The summed E-state index contributed by atoms with van der Waals surface area (Å²) in [5.41, 5.74) is 2.12. The zero-order valence-corrected chi connectivity index (χ0v) is 7.20. The summed E-state index contributed by atoms with van der Waals surface area (Å²) in [5.74, 6) is -0.0272. The number of Topliss-reactive ketones (excluding diaryl/α,β-unsaturated/α-hetero) is 1. The van der Waals surface area contributed by atoms with Gasteiger partial charge in [-0.1, -0.05) is 18.2 Å². The van der Waals surface area contributed by atoms with Gasteiger partial charge in [-0.15, -0.1) is 0 Å². The summed E-state index contributed by atoms with van der Waals surface area (Å²) in [6, 6.07) is 5.19. The minimum absolute atomic E-state index is 0.0116. The van der Waals surface area contributed by atoms with Crippen molar-refractivity contribution in [3.05, 3.63) is 41.0 Å². The quantitative estimate of drug-likeness (QED) is 0.608. The minimum Gasteiger partial charge on any atom is -0.295 e. The molecule has 0 atom stereocenters. The summed E-state index contributed by atoms with van der Waals surface area (Å²) in [4.78, 5) is 22.3. The molecule has 0 aliphatic heterocycles. The highest BCUT2D eigenvalue weighted by Gasteiger charge is 2.14. The Bertz CT molecular complexity index is 428. The molecule has 1 aliphatic rings. The van der Waals surface area contributed by atoms with Gasteiger partial charge in [0.15, 0.2) is 11.6 Å². The highest BCUT2D eigenvalue weighted by atomic mass is 16.1. The van der Waals surface area contributed by atoms with Gasteiger partial charge in [-0.05, 0) is 24.6 Å². The van der Waals surface area contributed by atoms with E-state index in [0.717, 1.165) is 5.56 Å². The fourth-order valence-electron chi connectivity index (χ4n) is 1.39. The Morgan fingerprint density at radius 1 is 1.23 bits per heavy atom. The predicted octanol–water partition coefficient (Wildman–Crippen LogP) is 2.10. The van der Waals surface area contributed by atoms with E-state index in [-0.39, 0.29) is 11.6 Å². The highest BCUT2D eigenvalue weighted by Crippen LogP contribution is 2.20. The summed E-state index contributed by atoms with van der Waals surface area (Å²) in [5, 5.41) is 0. The number of allylic oxidation sites excluding steroid dienone is 1. The number of rotatable bonds is 1. The molecule has 0 spiro atoms. The molecule has 0 unspecified atom stereocenters. The molecule has 1 aromatic rings. The average Bonchev–Trinajstić information content (AvgIpc) is 2.47. The van der Waals surface area contributed by atoms with Crippen LogP contribution in [-0.4, -0.2) is 11.6 Å². The topological polar surface area (TPSA) is 34.1 Å². The molecule has 0 saturated heterocycles. The number of ketones is 2. The van der Waals surface area contributed by atoms with Gasteiger partial charge in [0.2, 0.25) is 0 Å². The van der Waals surface area contributed by atoms with Gasteiger partial charge in [-0.3, -0.25) is 9.59 Å². The van der Waals surface area contributed by atoms with E-state index in [2.05, 4.69) is 0 Å². The fraction of sp³-hybridized carbons (Fsp3) is 0.0909. The predicted molar refractivity (Wildman–Crippen MR) is 49.8 cm³/mol. The molecule has 0 saturated carbocycles. The van der Waals surface area contributed by atoms with Crippen LogP contribution in [0.3, 0.4) is 0 Å². The van der Waals surface area contributed by atoms with E-state index in [1.165, 1.54) is 13.0 Å². The van der Waals surface area contributed by atoms with Crippen molar-refractivity contribution in [1.29, 1.82) is 0 Å². The average molecular weight is 172 g/mol. The Labute approximate surface area is 75.9 Å². The smallest absolute Gasteiger partial charge is 0.186 e. The van der Waals surface area contributed by atoms with Crippen molar-refractivity contribution in [2.45, 2.75) is 6.92 Å². The van der Waals surface area contributed by atoms with Gasteiger partial charge in [0.25, 0.3) is 0 Å². The third kappa shape index (κ3) is 1.20. The van der Waals surface area contributed by atoms with Crippen molar-refractivity contribution in [2.24, 2.45) is 0 Å². The third-order valence-corrected chi connectivity index (χ3v) is 2.14. The van der Waals surface area contributed by atoms with Crippen molar-refractivity contribution in [1.82, 2.24) is 0 Å². The van der Waals surface area contributed by atoms with Gasteiger partial charge in [-0.2, -0.15) is 0 Å². The summed E-state index contributed by atoms with van der Waals surface area (Å²) in [6.07, 6.45) is 3.29. The van der Waals surface area contributed by atoms with Crippen LogP contribution in [0.15, 0.2) is 24.3 Å². The Kier molecular flexibility index (Phi) is 1.62. The molecule has 1 aromatic carbocycles. The van der Waals surface area contributed by atoms with Crippen LogP contribution in [0.5, 0.6) is 0 Å². The zero-order valence-electron chi connectivity index (χ0n) is 7.20. The van der Waals surface area contributed by atoms with Crippen molar-refractivity contribution in [2.75, 3.05) is 0 Å². The Balaban J connectivity index is 2.57. The van der Waals surface area contributed by atoms with Crippen molar-refractivity contribution in [3.8, 4) is 0 Å². The number of benzene rings is 1. The fourth-order valence-corrected chi connectivity index (χ4v) is 1.39. The lowest BCUT2D eigenvalue weighted by atomic mass is 10.0. The normalized spacial score (nSPS) is 13.2. The molecule has 0 heterocycles. The van der Waals surface area contributed by atoms with Gasteiger partial charge in [0, 0.05) is 11.1 Å². The van der Waals surface area contributed by atoms with Crippen LogP contribution in [0.2, 0.25) is 0 Å². The highest BCUT2D eigenvalue weighted by molar-refractivity contribution is 6.14. The van der Waals surface area contributed by atoms with E-state index in [4.69, 9.17) is 0 Å². The van der Waals surface area contributed by atoms with E-state index in [1.54, 1.807) is 24.3 Å². The lowest BCUT2D eigenvalue weighted by Gasteiger charge is -1.99. The maximum Gasteiger partial charge on any atom is 0.186 e. The van der Waals surface area contributed by atoms with Crippen molar-refractivity contribution < 1.29 is 9.59 Å². The van der Waals surface area contributed by atoms with Crippen molar-refractivity contribution in [3.63, 3.8) is 0 Å². The molecule has 2 rings (SSSR count). The molecule has 2 heteroatoms. The van der Waals surface area contributed by atoms with E-state index in [1.807, 2.05) is 0 Å². The first kappa shape index (κ1) is 7.92. The largest absolute Gasteiger partial charge is 0.295 e. The van der Waals surface area contributed by atoms with Crippen LogP contribution in [0.25, 0.3) is 6.08 Å². The minimum atomic E-state index is -0.0156. The van der Waals surface area contributed by atoms with Crippen molar-refractivity contribution >= 4 is 17.6 Å². The first-order valence-electron chi connectivity index (χ1n) is 4.06. The third-order valence-electron chi connectivity index (χ3n) is 2.14. The molecule has 0 bridgehead atoms. The Morgan fingerprint density at radius 2 is 2.00 bits per heavy atom. The Morgan fingerprint density at radius 3 is 2.69 bits per heavy atom. The maximum absolute atomic E-state index is 11.2. The lowest BCUT2D eigenvalue weighted by molar-refractivity contribution is 0.101. The van der Waals surface area contributed by atoms with Crippen LogP contribution in [-0.2, 0) is 0 Å². The number of carbonyl (C=O) groups excluding carboxylic acids is 2. The standard InChI is InChI=1S/C11H8O2/c1-7(12)9-3-2-8-4-5-11(13)10(8)6-9/h2-6H,1H3. The molecule has 2 nitrogen and oxygen atoms in total. The molecule has 0 aromatic heterocycles. The summed E-state index contributed by atoms with van der Waals surface area (Å²) in [6.45, 7) is 1.49. The number of fused-ring (bicyclic) bond motifs is 1. The van der Waals surface area contributed by atoms with E-state index >= 15 is 0 Å². The first-order valence-corrected chi connectivity index (χ1v) is 4.06. The number of hydrogen-bond donors (Lipinski definition) is 0. The lowest BCUT2D eigenvalue weighted by Crippen LogP contribution is -1.97. The van der Waals surface area contributed by atoms with Gasteiger partial charge in [0.05, 0.1) is 0 Å². The second kappa shape index (κ2) is 2.66. The van der Waals surface area contributed by atoms with E-state index in [0.29, 0.717) is 11.1 Å². The molecular weight excluding hydrogens is 164 g/mol. The van der Waals surface area contributed by atoms with Gasteiger partial charge in [-0.25, -0.2) is 0 Å². The molecule has 0 N–H and O–H groups in total. The first-order chi connectivity index (χ1) is 6.18. The SMILES string of the molecule is CC(=O)c1ccc2c(c1)C(=O)C=C2. The van der Waals surface area contributed by atoms with E-state index in [9.17, 15) is 9.59 Å². The van der Waals surface area contributed by atoms with Crippen LogP contribution < -0.4 is 0 Å². The van der Waals surface area contributed by atoms with Crippen LogP contribution in [0.4, 0.5) is 0 Å². The van der Waals surface area contributed by atoms with Crippen LogP contribution >= 0.6 is 0 Å². The van der Waals surface area contributed by atoms with Crippen LogP contribution in [0.1, 0.15) is 33.2 Å². The second-order valence-corrected chi connectivity index (χ2v) is 3.06. The van der Waals surface area contributed by atoms with Gasteiger partial charge in [0.1, 0.15) is 0 Å². The molecule has 13 heavy (non-hydrogen) atoms. The molecule has 1 aliphatic carbocycles. The summed E-state index contributed by atoms with van der Waals surface area (Å²) >= 11 is 0.